The van der Waals surface area contributed by atoms with Crippen LogP contribution in [0.2, 0.25) is 0 Å². The first kappa shape index (κ1) is 44.4. The highest BCUT2D eigenvalue weighted by atomic mass is 16.5. The number of carbonyl (C=O) groups is 4. The van der Waals surface area contributed by atoms with Crippen molar-refractivity contribution in [2.45, 2.75) is 51.4 Å². The molecule has 0 radical (unpaired) electrons. The van der Waals surface area contributed by atoms with Gasteiger partial charge in [0.1, 0.15) is 28.7 Å². The largest absolute Gasteiger partial charge is 0.495 e. The second kappa shape index (κ2) is 21.9. The number of hydrogen-bond donors (Lipinski definition) is 6. The molecule has 318 valence electrons. The number of oxazole rings is 1. The minimum Gasteiger partial charge on any atom is -0.495 e. The maximum Gasteiger partial charge on any atom is 0.404 e. The minimum absolute atomic E-state index is 0.0140. The number of fused-ring (bicyclic) bond motifs is 1. The van der Waals surface area contributed by atoms with Crippen LogP contribution in [0.3, 0.4) is 0 Å². The Morgan fingerprint density at radius 2 is 1.67 bits per heavy atom. The molecule has 0 aliphatic heterocycles. The van der Waals surface area contributed by atoms with E-state index >= 15 is 0 Å². The summed E-state index contributed by atoms with van der Waals surface area (Å²) >= 11 is 0. The molecule has 60 heavy (non-hydrogen) atoms. The van der Waals surface area contributed by atoms with Gasteiger partial charge < -0.3 is 50.1 Å². The van der Waals surface area contributed by atoms with E-state index in [0.717, 1.165) is 0 Å². The topological polar surface area (TPSA) is 258 Å². The number of methoxy groups -OCH3 is 1. The fourth-order valence-corrected chi connectivity index (χ4v) is 5.92. The molecule has 3 aromatic heterocycles. The molecular formula is C41H48N8O11. The lowest BCUT2D eigenvalue weighted by Crippen LogP contribution is -2.56. The molecule has 3 unspecified atom stereocenters. The zero-order chi connectivity index (χ0) is 43.0. The number of carbonyl (C=O) groups excluding carboxylic acids is 3. The predicted molar refractivity (Wildman–Crippen MR) is 217 cm³/mol. The van der Waals surface area contributed by atoms with Crippen LogP contribution >= 0.6 is 0 Å². The number of hydrogen-bond acceptors (Lipinski definition) is 13. The summed E-state index contributed by atoms with van der Waals surface area (Å²) in [5, 5.41) is 34.7. The maximum absolute atomic E-state index is 13.0. The van der Waals surface area contributed by atoms with Crippen LogP contribution in [0.15, 0.2) is 88.2 Å². The number of nitrogens with one attached hydrogen (secondary N) is 4. The third-order valence-corrected chi connectivity index (χ3v) is 8.90. The van der Waals surface area contributed by atoms with Gasteiger partial charge in [0.2, 0.25) is 11.8 Å². The van der Waals surface area contributed by atoms with E-state index in [1.165, 1.54) is 30.1 Å². The van der Waals surface area contributed by atoms with Crippen LogP contribution in [0.4, 0.5) is 10.5 Å². The van der Waals surface area contributed by atoms with E-state index in [1.54, 1.807) is 60.7 Å². The fourth-order valence-electron chi connectivity index (χ4n) is 5.92. The molecule has 19 nitrogen and oxygen atoms in total. The number of ether oxygens (including phenoxy) is 3. The van der Waals surface area contributed by atoms with Gasteiger partial charge in [0, 0.05) is 18.3 Å². The Labute approximate surface area is 344 Å². The van der Waals surface area contributed by atoms with Gasteiger partial charge in [-0.05, 0) is 60.7 Å². The van der Waals surface area contributed by atoms with Crippen molar-refractivity contribution in [3.05, 3.63) is 101 Å². The highest BCUT2D eigenvalue weighted by Crippen LogP contribution is 2.25. The van der Waals surface area contributed by atoms with Crippen molar-refractivity contribution in [2.24, 2.45) is 5.92 Å². The first-order valence-corrected chi connectivity index (χ1v) is 19.2. The molecule has 0 aliphatic rings. The summed E-state index contributed by atoms with van der Waals surface area (Å²) in [6, 6.07) is 17.7. The molecular weight excluding hydrogens is 780 g/mol. The van der Waals surface area contributed by atoms with Crippen LogP contribution in [0.5, 0.6) is 5.75 Å². The number of rotatable bonds is 22. The first-order valence-electron chi connectivity index (χ1n) is 19.2. The van der Waals surface area contributed by atoms with E-state index in [9.17, 15) is 34.2 Å². The molecule has 4 amide bonds. The standard InChI is InChI=1S/C41H48N8O11/c1-25(2)21-33(45-39(54)36(51)32(47-41(55)56)22-26-7-5-4-6-8-26)37(52)42-15-17-58-19-20-59-18-16-49-35(50)14-12-30(48-49)40-46-31-23-27(9-13-34(31)60-40)44-38(53)29-11-10-28(57-3)24-43-29/h4-14,23-25,32-33,36,47,51H,15-22H2,1-3H3,(H,42,52)(H,44,53)(H,45,54)(H,55,56). The first-order chi connectivity index (χ1) is 28.9. The Balaban J connectivity index is 1.03. The van der Waals surface area contributed by atoms with Gasteiger partial charge in [-0.15, -0.1) is 0 Å². The summed E-state index contributed by atoms with van der Waals surface area (Å²) in [6.45, 7) is 4.69. The lowest BCUT2D eigenvalue weighted by atomic mass is 9.99. The summed E-state index contributed by atoms with van der Waals surface area (Å²) in [5.74, 6) is -1.05. The third kappa shape index (κ3) is 13.2. The van der Waals surface area contributed by atoms with Gasteiger partial charge in [0.15, 0.2) is 11.7 Å². The molecule has 0 aliphatic carbocycles. The van der Waals surface area contributed by atoms with E-state index in [2.05, 4.69) is 36.3 Å². The van der Waals surface area contributed by atoms with Gasteiger partial charge in [-0.2, -0.15) is 5.10 Å². The second-order valence-electron chi connectivity index (χ2n) is 13.9. The van der Waals surface area contributed by atoms with E-state index in [-0.39, 0.29) is 75.4 Å². The summed E-state index contributed by atoms with van der Waals surface area (Å²) in [5.41, 5.74) is 2.28. The molecule has 6 N–H and O–H groups in total. The third-order valence-electron chi connectivity index (χ3n) is 8.90. The van der Waals surface area contributed by atoms with E-state index in [0.29, 0.717) is 33.8 Å². The normalized spacial score (nSPS) is 12.7. The number of benzene rings is 2. The summed E-state index contributed by atoms with van der Waals surface area (Å²) in [7, 11) is 1.51. The molecule has 2 aromatic carbocycles. The molecule has 5 rings (SSSR count). The summed E-state index contributed by atoms with van der Waals surface area (Å²) < 4.78 is 23.4. The quantitative estimate of drug-likeness (QED) is 0.0549. The Hall–Kier alpha value is -6.70. The van der Waals surface area contributed by atoms with E-state index in [4.69, 9.17) is 18.6 Å². The number of nitrogens with zero attached hydrogens (tertiary/aromatic N) is 4. The van der Waals surface area contributed by atoms with Crippen molar-refractivity contribution >= 4 is 40.6 Å². The molecule has 3 atom stereocenters. The number of amides is 4. The van der Waals surface area contributed by atoms with Crippen LogP contribution in [0.25, 0.3) is 22.7 Å². The van der Waals surface area contributed by atoms with Crippen molar-refractivity contribution < 1.29 is 48.0 Å². The molecule has 0 bridgehead atoms. The van der Waals surface area contributed by atoms with Crippen molar-refractivity contribution in [1.82, 2.24) is 35.7 Å². The highest BCUT2D eigenvalue weighted by Gasteiger charge is 2.31. The fraction of sp³-hybridized carbons (Fsp3) is 0.366. The van der Waals surface area contributed by atoms with Crippen LogP contribution < -0.4 is 31.6 Å². The molecule has 0 spiro atoms. The number of anilines is 1. The molecule has 5 aromatic rings. The monoisotopic (exact) mass is 828 g/mol. The lowest BCUT2D eigenvalue weighted by Gasteiger charge is -2.26. The zero-order valence-corrected chi connectivity index (χ0v) is 33.3. The minimum atomic E-state index is -1.75. The average molecular weight is 829 g/mol. The van der Waals surface area contributed by atoms with Crippen molar-refractivity contribution in [3.8, 4) is 17.3 Å². The van der Waals surface area contributed by atoms with E-state index < -0.39 is 42.0 Å². The van der Waals surface area contributed by atoms with Gasteiger partial charge in [-0.3, -0.25) is 19.2 Å². The SMILES string of the molecule is COc1ccc(C(=O)Nc2ccc3oc(-c4ccc(=O)n(CCOCCOCCNC(=O)C(CC(C)C)NC(=O)C(O)C(Cc5ccccc5)NC(=O)O)n4)nc3c2)nc1. The average Bonchev–Trinajstić information content (AvgIpc) is 3.66. The Morgan fingerprint density at radius 1 is 0.900 bits per heavy atom. The second-order valence-corrected chi connectivity index (χ2v) is 13.9. The molecule has 0 fully saturated rings. The summed E-state index contributed by atoms with van der Waals surface area (Å²) in [4.78, 5) is 71.2. The number of aliphatic hydroxyl groups excluding tert-OH is 1. The Kier molecular flexibility index (Phi) is 16.2. The van der Waals surface area contributed by atoms with Gasteiger partial charge >= 0.3 is 6.09 Å². The smallest absolute Gasteiger partial charge is 0.404 e. The Bertz CT molecular complexity index is 2260. The van der Waals surface area contributed by atoms with Crippen LogP contribution in [-0.2, 0) is 32.0 Å². The van der Waals surface area contributed by atoms with Crippen LogP contribution in [-0.4, -0.2) is 112 Å². The molecule has 0 saturated carbocycles. The summed E-state index contributed by atoms with van der Waals surface area (Å²) in [6.07, 6.45) is -1.36. The maximum atomic E-state index is 13.0. The number of carboxylic acid groups (broad SMARTS) is 1. The molecule has 3 heterocycles. The van der Waals surface area contributed by atoms with Crippen LogP contribution in [0.1, 0.15) is 36.3 Å². The predicted octanol–water partition coefficient (Wildman–Crippen LogP) is 2.63. The molecule has 0 saturated heterocycles. The number of aromatic nitrogens is 4. The van der Waals surface area contributed by atoms with Crippen molar-refractivity contribution in [3.63, 3.8) is 0 Å². The number of aliphatic hydroxyl groups is 1. The van der Waals surface area contributed by atoms with Gasteiger partial charge in [0.05, 0.1) is 52.3 Å². The van der Waals surface area contributed by atoms with Crippen LogP contribution in [0, 0.1) is 5.92 Å². The molecule has 19 heteroatoms. The highest BCUT2D eigenvalue weighted by molar-refractivity contribution is 6.03. The van der Waals surface area contributed by atoms with E-state index in [1.807, 2.05) is 13.8 Å². The van der Waals surface area contributed by atoms with Gasteiger partial charge in [-0.25, -0.2) is 19.4 Å². The number of pyridine rings is 1. The van der Waals surface area contributed by atoms with Gasteiger partial charge in [0.25, 0.3) is 17.4 Å². The Morgan fingerprint density at radius 3 is 2.37 bits per heavy atom. The van der Waals surface area contributed by atoms with Crippen molar-refractivity contribution in [2.75, 3.05) is 45.4 Å². The zero-order valence-electron chi connectivity index (χ0n) is 33.3. The van der Waals surface area contributed by atoms with Gasteiger partial charge in [-0.1, -0.05) is 44.2 Å². The van der Waals surface area contributed by atoms with Crippen molar-refractivity contribution in [1.29, 1.82) is 0 Å². The lowest BCUT2D eigenvalue weighted by molar-refractivity contribution is -0.135.